The first-order valence-corrected chi connectivity index (χ1v) is 2.79. The van der Waals surface area contributed by atoms with E-state index in [9.17, 15) is 0 Å². The van der Waals surface area contributed by atoms with E-state index in [2.05, 4.69) is 19.6 Å². The lowest BCUT2D eigenvalue weighted by molar-refractivity contribution is -0.449. The van der Waals surface area contributed by atoms with Crippen LogP contribution in [0, 0.1) is 0 Å². The van der Waals surface area contributed by atoms with Crippen molar-refractivity contribution in [2.24, 2.45) is 0 Å². The topological polar surface area (TPSA) is 36.9 Å². The summed E-state index contributed by atoms with van der Waals surface area (Å²) in [5, 5.41) is 0. The van der Waals surface area contributed by atoms with Gasteiger partial charge >= 0.3 is 0 Å². The summed E-state index contributed by atoms with van der Waals surface area (Å²) >= 11 is 0. The Kier molecular flexibility index (Phi) is 5.86. The largest absolute Gasteiger partial charge is 0.237 e. The van der Waals surface area contributed by atoms with Crippen molar-refractivity contribution in [3.63, 3.8) is 0 Å². The molecule has 0 aromatic heterocycles. The average Bonchev–Trinajstić information content (AvgIpc) is 1.85. The van der Waals surface area contributed by atoms with Crippen molar-refractivity contribution in [1.29, 1.82) is 0 Å². The molecule has 0 aliphatic heterocycles. The van der Waals surface area contributed by atoms with Crippen LogP contribution in [-0.4, -0.2) is 20.0 Å². The molecule has 0 amide bonds. The summed E-state index contributed by atoms with van der Waals surface area (Å²) in [6.45, 7) is 3.98. The first-order valence-electron chi connectivity index (χ1n) is 2.79. The Morgan fingerprint density at radius 1 is 1.33 bits per heavy atom. The van der Waals surface area contributed by atoms with Gasteiger partial charge in [-0.3, -0.25) is 0 Å². The predicted molar refractivity (Wildman–Crippen MR) is 30.3 cm³/mol. The van der Waals surface area contributed by atoms with Gasteiger partial charge in [0.15, 0.2) is 0 Å². The van der Waals surface area contributed by atoms with Crippen molar-refractivity contribution in [2.45, 2.75) is 20.1 Å². The van der Waals surface area contributed by atoms with Crippen molar-refractivity contribution in [3.05, 3.63) is 0 Å². The van der Waals surface area contributed by atoms with Crippen LogP contribution in [0.15, 0.2) is 0 Å². The number of hydrogen-bond donors (Lipinski definition) is 0. The highest BCUT2D eigenvalue weighted by Crippen LogP contribution is 1.92. The molecule has 0 aromatic carbocycles. The van der Waals surface area contributed by atoms with Crippen LogP contribution in [0.2, 0.25) is 0 Å². The van der Waals surface area contributed by atoms with Gasteiger partial charge in [0.05, 0.1) is 13.7 Å². The molecule has 0 saturated heterocycles. The second kappa shape index (κ2) is 5.97. The van der Waals surface area contributed by atoms with E-state index >= 15 is 0 Å². The molecule has 0 radical (unpaired) electrons. The van der Waals surface area contributed by atoms with Gasteiger partial charge in [-0.2, -0.15) is 0 Å². The lowest BCUT2D eigenvalue weighted by Gasteiger charge is -2.07. The lowest BCUT2D eigenvalue weighted by atomic mass is 10.8. The molecule has 0 aliphatic rings. The highest BCUT2D eigenvalue weighted by Gasteiger charge is 2.00. The van der Waals surface area contributed by atoms with Crippen LogP contribution in [-0.2, 0) is 19.6 Å². The molecular formula is C5H12O4. The molecule has 0 heterocycles. The molecule has 0 N–H and O–H groups in total. The highest BCUT2D eigenvalue weighted by atomic mass is 17.3. The van der Waals surface area contributed by atoms with Crippen LogP contribution in [0.25, 0.3) is 0 Å². The fraction of sp³-hybridized carbons (Fsp3) is 1.00. The molecule has 0 aliphatic carbocycles. The van der Waals surface area contributed by atoms with Crippen molar-refractivity contribution in [3.8, 4) is 0 Å². The minimum absolute atomic E-state index is 0.477. The van der Waals surface area contributed by atoms with Crippen molar-refractivity contribution in [2.75, 3.05) is 13.7 Å². The van der Waals surface area contributed by atoms with Crippen LogP contribution in [0.1, 0.15) is 13.8 Å². The van der Waals surface area contributed by atoms with Crippen LogP contribution in [0.3, 0.4) is 0 Å². The summed E-state index contributed by atoms with van der Waals surface area (Å²) in [6.07, 6.45) is -0.477. The summed E-state index contributed by atoms with van der Waals surface area (Å²) in [7, 11) is 1.41. The second-order valence-corrected chi connectivity index (χ2v) is 1.33. The minimum atomic E-state index is -0.477. The van der Waals surface area contributed by atoms with Gasteiger partial charge in [0, 0.05) is 0 Å². The van der Waals surface area contributed by atoms with E-state index in [1.807, 2.05) is 6.92 Å². The van der Waals surface area contributed by atoms with Gasteiger partial charge in [-0.05, 0) is 13.8 Å². The Balaban J connectivity index is 2.95. The average molecular weight is 136 g/mol. The van der Waals surface area contributed by atoms with E-state index in [-0.39, 0.29) is 0 Å². The zero-order valence-electron chi connectivity index (χ0n) is 5.92. The molecule has 1 atom stereocenters. The summed E-state index contributed by atoms with van der Waals surface area (Å²) in [4.78, 5) is 17.9. The molecule has 0 saturated carbocycles. The first-order chi connectivity index (χ1) is 4.31. The van der Waals surface area contributed by atoms with Crippen LogP contribution >= 0.6 is 0 Å². The molecule has 9 heavy (non-hydrogen) atoms. The van der Waals surface area contributed by atoms with E-state index in [1.54, 1.807) is 6.92 Å². The van der Waals surface area contributed by atoms with Crippen molar-refractivity contribution < 1.29 is 19.6 Å². The van der Waals surface area contributed by atoms with E-state index in [0.717, 1.165) is 0 Å². The van der Waals surface area contributed by atoms with Gasteiger partial charge in [0.25, 0.3) is 0 Å². The van der Waals surface area contributed by atoms with Crippen molar-refractivity contribution in [1.82, 2.24) is 0 Å². The second-order valence-electron chi connectivity index (χ2n) is 1.33. The molecule has 0 aromatic rings. The van der Waals surface area contributed by atoms with Crippen LogP contribution in [0.4, 0.5) is 0 Å². The van der Waals surface area contributed by atoms with Crippen LogP contribution in [0.5, 0.6) is 0 Å². The Hall–Kier alpha value is -0.160. The fourth-order valence-electron chi connectivity index (χ4n) is 0.315. The van der Waals surface area contributed by atoms with E-state index in [4.69, 9.17) is 0 Å². The van der Waals surface area contributed by atoms with Gasteiger partial charge in [0.2, 0.25) is 6.29 Å². The van der Waals surface area contributed by atoms with E-state index < -0.39 is 6.29 Å². The number of hydrogen-bond acceptors (Lipinski definition) is 4. The number of rotatable bonds is 5. The van der Waals surface area contributed by atoms with E-state index in [1.165, 1.54) is 7.11 Å². The molecule has 4 nitrogen and oxygen atoms in total. The smallest absolute Gasteiger partial charge is 0.221 e. The highest BCUT2D eigenvalue weighted by molar-refractivity contribution is 4.14. The zero-order valence-corrected chi connectivity index (χ0v) is 5.92. The van der Waals surface area contributed by atoms with Gasteiger partial charge in [-0.25, -0.2) is 19.6 Å². The fourth-order valence-corrected chi connectivity index (χ4v) is 0.315. The molecule has 4 heteroatoms. The monoisotopic (exact) mass is 136 g/mol. The Bertz CT molecular complexity index is 56.9. The van der Waals surface area contributed by atoms with E-state index in [0.29, 0.717) is 6.61 Å². The Morgan fingerprint density at radius 2 is 2.00 bits per heavy atom. The summed E-state index contributed by atoms with van der Waals surface area (Å²) < 4.78 is 0. The molecule has 0 fully saturated rings. The summed E-state index contributed by atoms with van der Waals surface area (Å²) in [5.74, 6) is 0. The molecule has 56 valence electrons. The SMILES string of the molecule is CCOOC(C)OOC. The Labute approximate surface area is 54.5 Å². The maximum absolute atomic E-state index is 4.58. The third kappa shape index (κ3) is 5.72. The standard InChI is InChI=1S/C5H12O4/c1-4-7-9-5(2)8-6-3/h5H,4H2,1-3H3. The predicted octanol–water partition coefficient (Wildman–Crippen LogP) is 0.878. The third-order valence-corrected chi connectivity index (χ3v) is 0.553. The first kappa shape index (κ1) is 8.84. The molecule has 0 rings (SSSR count). The van der Waals surface area contributed by atoms with Gasteiger partial charge in [0.1, 0.15) is 0 Å². The van der Waals surface area contributed by atoms with Crippen molar-refractivity contribution >= 4 is 0 Å². The quantitative estimate of drug-likeness (QED) is 0.319. The maximum atomic E-state index is 4.58. The lowest BCUT2D eigenvalue weighted by Crippen LogP contribution is -2.12. The van der Waals surface area contributed by atoms with Gasteiger partial charge in [-0.1, -0.05) is 0 Å². The molecular weight excluding hydrogens is 124 g/mol. The maximum Gasteiger partial charge on any atom is 0.221 e. The third-order valence-electron chi connectivity index (χ3n) is 0.553. The normalized spacial score (nSPS) is 13.7. The molecule has 1 unspecified atom stereocenters. The summed E-state index contributed by atoms with van der Waals surface area (Å²) in [5.41, 5.74) is 0. The zero-order chi connectivity index (χ0) is 7.11. The van der Waals surface area contributed by atoms with Gasteiger partial charge in [-0.15, -0.1) is 0 Å². The Morgan fingerprint density at radius 3 is 2.44 bits per heavy atom. The molecule has 0 spiro atoms. The summed E-state index contributed by atoms with van der Waals surface area (Å²) in [6, 6.07) is 0. The van der Waals surface area contributed by atoms with Crippen LogP contribution < -0.4 is 0 Å². The minimum Gasteiger partial charge on any atom is -0.237 e. The molecule has 0 bridgehead atoms. The van der Waals surface area contributed by atoms with Gasteiger partial charge < -0.3 is 0 Å².